The standard InChI is InChI=1S/C29H34O3/c1-21(22-12-7-4-8-13-22)29-19-18-26(30)25(29)20-24(16-6-2-3-11-17-27(31)32)28(29)23-14-9-5-10-15-23/h4-5,7-10,12-15,25-26,30H,1-3,6,11,16-20H2,(H,31,32). The van der Waals surface area contributed by atoms with Crippen LogP contribution in [0, 0.1) is 11.3 Å². The summed E-state index contributed by atoms with van der Waals surface area (Å²) >= 11 is 0. The first kappa shape index (κ1) is 22.5. The van der Waals surface area contributed by atoms with Crippen molar-refractivity contribution in [3.05, 3.63) is 83.9 Å². The van der Waals surface area contributed by atoms with Crippen LogP contribution in [0.15, 0.2) is 72.8 Å². The fourth-order valence-electron chi connectivity index (χ4n) is 6.08. The summed E-state index contributed by atoms with van der Waals surface area (Å²) in [5.74, 6) is -0.537. The molecule has 2 aromatic carbocycles. The summed E-state index contributed by atoms with van der Waals surface area (Å²) in [6, 6.07) is 21.1. The average Bonchev–Trinajstić information content (AvgIpc) is 3.31. The quantitative estimate of drug-likeness (QED) is 0.410. The van der Waals surface area contributed by atoms with E-state index in [9.17, 15) is 9.90 Å². The van der Waals surface area contributed by atoms with Crippen LogP contribution >= 0.6 is 0 Å². The second-order valence-corrected chi connectivity index (χ2v) is 9.39. The second-order valence-electron chi connectivity index (χ2n) is 9.39. The van der Waals surface area contributed by atoms with Gasteiger partial charge in [0.1, 0.15) is 0 Å². The Morgan fingerprint density at radius 3 is 2.31 bits per heavy atom. The highest BCUT2D eigenvalue weighted by atomic mass is 16.4. The minimum atomic E-state index is -0.710. The molecule has 3 nitrogen and oxygen atoms in total. The number of unbranched alkanes of at least 4 members (excludes halogenated alkanes) is 3. The van der Waals surface area contributed by atoms with E-state index in [2.05, 4.69) is 61.2 Å². The Hall–Kier alpha value is -2.65. The number of aliphatic hydroxyl groups excluding tert-OH is 1. The predicted octanol–water partition coefficient (Wildman–Crippen LogP) is 6.74. The molecule has 1 saturated carbocycles. The van der Waals surface area contributed by atoms with E-state index in [-0.39, 0.29) is 23.9 Å². The maximum atomic E-state index is 11.0. The van der Waals surface area contributed by atoms with Gasteiger partial charge in [0.2, 0.25) is 0 Å². The normalized spacial score (nSPS) is 24.5. The first-order chi connectivity index (χ1) is 15.5. The van der Waals surface area contributed by atoms with Crippen LogP contribution in [-0.2, 0) is 4.79 Å². The van der Waals surface area contributed by atoms with Crippen molar-refractivity contribution >= 4 is 17.1 Å². The van der Waals surface area contributed by atoms with Gasteiger partial charge in [-0.1, -0.05) is 85.7 Å². The van der Waals surface area contributed by atoms with Crippen LogP contribution in [0.3, 0.4) is 0 Å². The summed E-state index contributed by atoms with van der Waals surface area (Å²) in [4.78, 5) is 10.8. The Labute approximate surface area is 191 Å². The lowest BCUT2D eigenvalue weighted by Crippen LogP contribution is -2.29. The number of carboxylic acid groups (broad SMARTS) is 1. The predicted molar refractivity (Wildman–Crippen MR) is 130 cm³/mol. The number of aliphatic hydroxyl groups is 1. The molecule has 1 fully saturated rings. The first-order valence-electron chi connectivity index (χ1n) is 12.0. The van der Waals surface area contributed by atoms with Gasteiger partial charge in [-0.25, -0.2) is 0 Å². The van der Waals surface area contributed by atoms with Crippen molar-refractivity contribution in [1.82, 2.24) is 0 Å². The van der Waals surface area contributed by atoms with Gasteiger partial charge in [-0.2, -0.15) is 0 Å². The number of carboxylic acids is 1. The molecule has 2 aromatic rings. The summed E-state index contributed by atoms with van der Waals surface area (Å²) < 4.78 is 0. The van der Waals surface area contributed by atoms with Crippen molar-refractivity contribution in [1.29, 1.82) is 0 Å². The lowest BCUT2D eigenvalue weighted by atomic mass is 9.66. The molecule has 0 radical (unpaired) electrons. The maximum Gasteiger partial charge on any atom is 0.303 e. The number of aliphatic carboxylic acids is 1. The molecule has 4 rings (SSSR count). The third kappa shape index (κ3) is 4.31. The van der Waals surface area contributed by atoms with Gasteiger partial charge in [-0.3, -0.25) is 4.79 Å². The smallest absolute Gasteiger partial charge is 0.303 e. The van der Waals surface area contributed by atoms with Gasteiger partial charge in [-0.05, 0) is 60.8 Å². The molecule has 0 heterocycles. The van der Waals surface area contributed by atoms with Crippen LogP contribution in [-0.4, -0.2) is 22.3 Å². The van der Waals surface area contributed by atoms with Crippen molar-refractivity contribution in [3.8, 4) is 0 Å². The highest BCUT2D eigenvalue weighted by molar-refractivity contribution is 5.90. The minimum Gasteiger partial charge on any atom is -0.481 e. The van der Waals surface area contributed by atoms with Gasteiger partial charge < -0.3 is 10.2 Å². The van der Waals surface area contributed by atoms with Gasteiger partial charge in [-0.15, -0.1) is 0 Å². The molecule has 0 bridgehead atoms. The molecule has 2 aliphatic rings. The van der Waals surface area contributed by atoms with E-state index < -0.39 is 5.97 Å². The van der Waals surface area contributed by atoms with E-state index in [1.54, 1.807) is 0 Å². The van der Waals surface area contributed by atoms with E-state index in [0.717, 1.165) is 62.5 Å². The molecule has 3 atom stereocenters. The Morgan fingerprint density at radius 1 is 0.969 bits per heavy atom. The molecule has 0 amide bonds. The molecule has 32 heavy (non-hydrogen) atoms. The fourth-order valence-corrected chi connectivity index (χ4v) is 6.08. The van der Waals surface area contributed by atoms with Gasteiger partial charge in [0.05, 0.1) is 6.10 Å². The van der Waals surface area contributed by atoms with Crippen LogP contribution in [0.2, 0.25) is 0 Å². The summed E-state index contributed by atoms with van der Waals surface area (Å²) in [7, 11) is 0. The maximum absolute atomic E-state index is 11.0. The summed E-state index contributed by atoms with van der Waals surface area (Å²) in [6.45, 7) is 4.62. The molecule has 0 spiro atoms. The van der Waals surface area contributed by atoms with Crippen LogP contribution in [0.25, 0.3) is 11.1 Å². The van der Waals surface area contributed by atoms with Gasteiger partial charge in [0.25, 0.3) is 0 Å². The molecule has 168 valence electrons. The Kier molecular flexibility index (Phi) is 6.95. The zero-order valence-corrected chi connectivity index (χ0v) is 18.8. The average molecular weight is 431 g/mol. The lowest BCUT2D eigenvalue weighted by molar-refractivity contribution is -0.137. The molecular weight excluding hydrogens is 396 g/mol. The fraction of sp³-hybridized carbons (Fsp3) is 0.414. The van der Waals surface area contributed by atoms with Crippen LogP contribution in [0.4, 0.5) is 0 Å². The summed E-state index contributed by atoms with van der Waals surface area (Å²) in [5, 5.41) is 19.9. The van der Waals surface area contributed by atoms with Crippen LogP contribution < -0.4 is 0 Å². The molecule has 2 aliphatic carbocycles. The van der Waals surface area contributed by atoms with Crippen molar-refractivity contribution < 1.29 is 15.0 Å². The summed E-state index contributed by atoms with van der Waals surface area (Å²) in [6.07, 6.45) is 7.42. The Bertz CT molecular complexity index is 976. The van der Waals surface area contributed by atoms with Crippen molar-refractivity contribution in [3.63, 3.8) is 0 Å². The van der Waals surface area contributed by atoms with Gasteiger partial charge in [0.15, 0.2) is 0 Å². The molecular formula is C29H34O3. The summed E-state index contributed by atoms with van der Waals surface area (Å²) in [5.41, 5.74) is 6.17. The van der Waals surface area contributed by atoms with Crippen molar-refractivity contribution in [2.24, 2.45) is 11.3 Å². The third-order valence-corrected chi connectivity index (χ3v) is 7.54. The number of rotatable bonds is 10. The van der Waals surface area contributed by atoms with Crippen molar-refractivity contribution in [2.45, 2.75) is 63.9 Å². The SMILES string of the molecule is C=C(c1ccccc1)C12CCC(O)C1CC(CCCCCCC(=O)O)=C2c1ccccc1. The van der Waals surface area contributed by atoms with Gasteiger partial charge in [0, 0.05) is 17.8 Å². The molecule has 0 aliphatic heterocycles. The lowest BCUT2D eigenvalue weighted by Gasteiger charge is -2.37. The number of allylic oxidation sites excluding steroid dienone is 3. The molecule has 2 N–H and O–H groups in total. The first-order valence-corrected chi connectivity index (χ1v) is 12.0. The topological polar surface area (TPSA) is 57.5 Å². The number of carbonyl (C=O) groups is 1. The largest absolute Gasteiger partial charge is 0.481 e. The number of benzene rings is 2. The highest BCUT2D eigenvalue weighted by Gasteiger charge is 2.56. The number of hydrogen-bond donors (Lipinski definition) is 2. The zero-order chi connectivity index (χ0) is 22.6. The van der Waals surface area contributed by atoms with Crippen LogP contribution in [0.1, 0.15) is 68.9 Å². The Balaban J connectivity index is 1.66. The molecule has 0 aromatic heterocycles. The minimum absolute atomic E-state index is 0.174. The Morgan fingerprint density at radius 2 is 1.62 bits per heavy atom. The van der Waals surface area contributed by atoms with E-state index in [1.807, 2.05) is 6.07 Å². The second kappa shape index (κ2) is 9.87. The highest BCUT2D eigenvalue weighted by Crippen LogP contribution is 2.66. The molecule has 3 heteroatoms. The monoisotopic (exact) mass is 430 g/mol. The van der Waals surface area contributed by atoms with Crippen molar-refractivity contribution in [2.75, 3.05) is 0 Å². The molecule has 3 unspecified atom stereocenters. The van der Waals surface area contributed by atoms with E-state index in [1.165, 1.54) is 16.7 Å². The van der Waals surface area contributed by atoms with E-state index in [4.69, 9.17) is 5.11 Å². The zero-order valence-electron chi connectivity index (χ0n) is 18.8. The van der Waals surface area contributed by atoms with E-state index in [0.29, 0.717) is 0 Å². The number of hydrogen-bond acceptors (Lipinski definition) is 2. The van der Waals surface area contributed by atoms with Crippen LogP contribution in [0.5, 0.6) is 0 Å². The van der Waals surface area contributed by atoms with E-state index >= 15 is 0 Å². The van der Waals surface area contributed by atoms with Gasteiger partial charge >= 0.3 is 5.97 Å². The number of fused-ring (bicyclic) bond motifs is 1. The molecule has 0 saturated heterocycles. The third-order valence-electron chi connectivity index (χ3n) is 7.54.